The predicted octanol–water partition coefficient (Wildman–Crippen LogP) is 2.41. The normalized spacial score (nSPS) is 24.7. The highest BCUT2D eigenvalue weighted by Gasteiger charge is 2.46. The first-order valence-corrected chi connectivity index (χ1v) is 8.67. The van der Waals surface area contributed by atoms with E-state index < -0.39 is 0 Å². The fraction of sp³-hybridized carbons (Fsp3) is 0.824. The molecule has 3 heterocycles. The van der Waals surface area contributed by atoms with Gasteiger partial charge in [-0.25, -0.2) is 0 Å². The van der Waals surface area contributed by atoms with Crippen LogP contribution in [0.15, 0.2) is 4.52 Å². The molecule has 2 saturated heterocycles. The van der Waals surface area contributed by atoms with Gasteiger partial charge in [-0.2, -0.15) is 4.98 Å². The Morgan fingerprint density at radius 3 is 2.65 bits per heavy atom. The van der Waals surface area contributed by atoms with Gasteiger partial charge in [-0.3, -0.25) is 9.69 Å². The summed E-state index contributed by atoms with van der Waals surface area (Å²) < 4.78 is 5.39. The number of amides is 1. The zero-order chi connectivity index (χ0) is 16.6. The van der Waals surface area contributed by atoms with Gasteiger partial charge < -0.3 is 9.42 Å². The molecule has 2 aliphatic rings. The highest BCUT2D eigenvalue weighted by Crippen LogP contribution is 2.47. The summed E-state index contributed by atoms with van der Waals surface area (Å²) in [4.78, 5) is 21.0. The lowest BCUT2D eigenvalue weighted by Gasteiger charge is -2.39. The topological polar surface area (TPSA) is 62.5 Å². The lowest BCUT2D eigenvalue weighted by Crippen LogP contribution is -2.44. The average molecular weight is 320 g/mol. The van der Waals surface area contributed by atoms with Crippen molar-refractivity contribution in [3.63, 3.8) is 0 Å². The van der Waals surface area contributed by atoms with E-state index >= 15 is 0 Å². The predicted molar refractivity (Wildman–Crippen MR) is 86.7 cm³/mol. The summed E-state index contributed by atoms with van der Waals surface area (Å²) in [6.45, 7) is 8.88. The summed E-state index contributed by atoms with van der Waals surface area (Å²) in [5.74, 6) is 2.18. The van der Waals surface area contributed by atoms with Crippen LogP contribution in [0.3, 0.4) is 0 Å². The highest BCUT2D eigenvalue weighted by molar-refractivity contribution is 5.76. The van der Waals surface area contributed by atoms with Gasteiger partial charge in [-0.05, 0) is 44.6 Å². The molecule has 3 rings (SSSR count). The molecule has 2 fully saturated rings. The maximum atomic E-state index is 12.2. The van der Waals surface area contributed by atoms with Gasteiger partial charge in [-0.15, -0.1) is 0 Å². The highest BCUT2D eigenvalue weighted by atomic mass is 16.5. The average Bonchev–Trinajstić information content (AvgIpc) is 3.03. The molecule has 128 valence electrons. The van der Waals surface area contributed by atoms with Crippen molar-refractivity contribution >= 4 is 5.91 Å². The summed E-state index contributed by atoms with van der Waals surface area (Å²) in [5, 5.41) is 3.93. The smallest absolute Gasteiger partial charge is 0.243 e. The lowest BCUT2D eigenvalue weighted by atomic mass is 9.76. The van der Waals surface area contributed by atoms with E-state index in [0.717, 1.165) is 44.8 Å². The molecule has 1 spiro atoms. The minimum absolute atomic E-state index is 0.217. The molecule has 1 atom stereocenters. The van der Waals surface area contributed by atoms with Crippen molar-refractivity contribution in [1.82, 2.24) is 19.9 Å². The van der Waals surface area contributed by atoms with Gasteiger partial charge in [0.15, 0.2) is 5.82 Å². The van der Waals surface area contributed by atoms with Crippen LogP contribution in [0.5, 0.6) is 0 Å². The number of aromatic nitrogens is 2. The fourth-order valence-corrected chi connectivity index (χ4v) is 4.07. The van der Waals surface area contributed by atoms with Gasteiger partial charge in [-0.1, -0.05) is 19.0 Å². The molecule has 0 saturated carbocycles. The quantitative estimate of drug-likeness (QED) is 0.856. The van der Waals surface area contributed by atoms with E-state index in [1.807, 2.05) is 6.92 Å². The molecule has 0 aromatic carbocycles. The number of rotatable bonds is 3. The van der Waals surface area contributed by atoms with Crippen molar-refractivity contribution in [2.75, 3.05) is 26.7 Å². The molecule has 2 aliphatic heterocycles. The standard InChI is InChI=1S/C17H28N4O2/c1-12(2)9-15(22)21-7-5-17(6-8-21)10-14(20(4)11-17)16-18-13(3)19-23-16/h12,14H,5-11H2,1-4H3/t14-/m0/s1. The van der Waals surface area contributed by atoms with E-state index in [9.17, 15) is 4.79 Å². The molecule has 6 nitrogen and oxygen atoms in total. The van der Waals surface area contributed by atoms with Crippen LogP contribution < -0.4 is 0 Å². The second kappa shape index (κ2) is 6.23. The Balaban J connectivity index is 1.61. The molecule has 6 heteroatoms. The number of piperidine rings is 1. The number of aryl methyl sites for hydroxylation is 1. The molecule has 0 aliphatic carbocycles. The Bertz CT molecular complexity index is 561. The van der Waals surface area contributed by atoms with Crippen molar-refractivity contribution in [2.45, 2.75) is 52.5 Å². The second-order valence-electron chi connectivity index (χ2n) is 7.79. The number of likely N-dealkylation sites (tertiary alicyclic amines) is 2. The second-order valence-corrected chi connectivity index (χ2v) is 7.79. The van der Waals surface area contributed by atoms with Crippen LogP contribution in [0, 0.1) is 18.3 Å². The Morgan fingerprint density at radius 1 is 1.39 bits per heavy atom. The Labute approximate surface area is 138 Å². The summed E-state index contributed by atoms with van der Waals surface area (Å²) in [5.41, 5.74) is 0.288. The number of carbonyl (C=O) groups is 1. The third-order valence-corrected chi connectivity index (χ3v) is 5.33. The first-order chi connectivity index (χ1) is 10.9. The van der Waals surface area contributed by atoms with Crippen molar-refractivity contribution in [3.05, 3.63) is 11.7 Å². The van der Waals surface area contributed by atoms with Gasteiger partial charge in [0.05, 0.1) is 6.04 Å². The van der Waals surface area contributed by atoms with Crippen molar-refractivity contribution < 1.29 is 9.32 Å². The first kappa shape index (κ1) is 16.4. The minimum Gasteiger partial charge on any atom is -0.343 e. The zero-order valence-corrected chi connectivity index (χ0v) is 14.7. The van der Waals surface area contributed by atoms with Crippen LogP contribution in [0.25, 0.3) is 0 Å². The Morgan fingerprint density at radius 2 is 2.09 bits per heavy atom. The summed E-state index contributed by atoms with van der Waals surface area (Å²) >= 11 is 0. The Hall–Kier alpha value is -1.43. The summed E-state index contributed by atoms with van der Waals surface area (Å²) in [6.07, 6.45) is 3.86. The molecule has 1 aromatic heterocycles. The molecular weight excluding hydrogens is 292 g/mol. The van der Waals surface area contributed by atoms with E-state index in [1.54, 1.807) is 0 Å². The Kier molecular flexibility index (Phi) is 4.45. The van der Waals surface area contributed by atoms with Crippen LogP contribution in [-0.2, 0) is 4.79 Å². The van der Waals surface area contributed by atoms with Gasteiger partial charge >= 0.3 is 0 Å². The molecule has 1 aromatic rings. The van der Waals surface area contributed by atoms with Crippen LogP contribution in [0.1, 0.15) is 57.3 Å². The summed E-state index contributed by atoms with van der Waals surface area (Å²) in [6, 6.07) is 0.217. The van der Waals surface area contributed by atoms with E-state index in [2.05, 4.69) is 40.8 Å². The molecule has 0 bridgehead atoms. The van der Waals surface area contributed by atoms with Crippen LogP contribution in [-0.4, -0.2) is 52.5 Å². The number of nitrogens with zero attached hydrogens (tertiary/aromatic N) is 4. The molecule has 23 heavy (non-hydrogen) atoms. The van der Waals surface area contributed by atoms with Crippen molar-refractivity contribution in [3.8, 4) is 0 Å². The first-order valence-electron chi connectivity index (χ1n) is 8.67. The maximum Gasteiger partial charge on any atom is 0.243 e. The molecule has 0 unspecified atom stereocenters. The van der Waals surface area contributed by atoms with E-state index in [1.165, 1.54) is 0 Å². The van der Waals surface area contributed by atoms with Gasteiger partial charge in [0.2, 0.25) is 11.8 Å². The number of hydrogen-bond acceptors (Lipinski definition) is 5. The van der Waals surface area contributed by atoms with E-state index in [0.29, 0.717) is 24.1 Å². The van der Waals surface area contributed by atoms with Gasteiger partial charge in [0.25, 0.3) is 0 Å². The fourth-order valence-electron chi connectivity index (χ4n) is 4.07. The van der Waals surface area contributed by atoms with Gasteiger partial charge in [0.1, 0.15) is 0 Å². The molecule has 0 N–H and O–H groups in total. The minimum atomic E-state index is 0.217. The van der Waals surface area contributed by atoms with Crippen LogP contribution in [0.4, 0.5) is 0 Å². The SMILES string of the molecule is Cc1noc([C@@H]2CC3(CCN(C(=O)CC(C)C)CC3)CN2C)n1. The maximum absolute atomic E-state index is 12.2. The van der Waals surface area contributed by atoms with Crippen molar-refractivity contribution in [1.29, 1.82) is 0 Å². The van der Waals surface area contributed by atoms with E-state index in [4.69, 9.17) is 4.52 Å². The number of carbonyl (C=O) groups excluding carboxylic acids is 1. The lowest BCUT2D eigenvalue weighted by molar-refractivity contribution is -0.134. The van der Waals surface area contributed by atoms with Gasteiger partial charge in [0, 0.05) is 26.1 Å². The zero-order valence-electron chi connectivity index (χ0n) is 14.7. The monoisotopic (exact) mass is 320 g/mol. The molecular formula is C17H28N4O2. The van der Waals surface area contributed by atoms with Crippen LogP contribution >= 0.6 is 0 Å². The summed E-state index contributed by atoms with van der Waals surface area (Å²) in [7, 11) is 2.13. The van der Waals surface area contributed by atoms with E-state index in [-0.39, 0.29) is 11.5 Å². The number of hydrogen-bond donors (Lipinski definition) is 0. The third kappa shape index (κ3) is 3.42. The molecule has 1 amide bonds. The van der Waals surface area contributed by atoms with Crippen molar-refractivity contribution in [2.24, 2.45) is 11.3 Å². The third-order valence-electron chi connectivity index (χ3n) is 5.33. The molecule has 0 radical (unpaired) electrons. The van der Waals surface area contributed by atoms with Crippen LogP contribution in [0.2, 0.25) is 0 Å². The largest absolute Gasteiger partial charge is 0.343 e.